The van der Waals surface area contributed by atoms with Gasteiger partial charge >= 0.3 is 0 Å². The monoisotopic (exact) mass is 496 g/mol. The Balaban J connectivity index is 1.14. The smallest absolute Gasteiger partial charge is 0.161 e. The fourth-order valence-corrected chi connectivity index (χ4v) is 9.95. The van der Waals surface area contributed by atoms with Crippen LogP contribution in [0.25, 0.3) is 10.9 Å². The second-order valence-corrected chi connectivity index (χ2v) is 13.4. The highest BCUT2D eigenvalue weighted by molar-refractivity contribution is 5.77. The molecular formula is C31H42F2N2O. The molecule has 1 heterocycles. The Kier molecular flexibility index (Phi) is 6.17. The SMILES string of the molecule is C[C@H](CCc1ncc2cc(F)c(F)cc2n1)[C@H]1CCC2C3CCC4C[C@H](O)CCC4(C)C3CCC21C. The van der Waals surface area contributed by atoms with Crippen molar-refractivity contribution in [2.24, 2.45) is 46.3 Å². The number of fused-ring (bicyclic) bond motifs is 6. The summed E-state index contributed by atoms with van der Waals surface area (Å²) < 4.78 is 27.2. The van der Waals surface area contributed by atoms with E-state index in [4.69, 9.17) is 0 Å². The first-order valence-electron chi connectivity index (χ1n) is 14.5. The molecule has 9 atom stereocenters. The zero-order valence-electron chi connectivity index (χ0n) is 22.1. The maximum atomic E-state index is 13.7. The van der Waals surface area contributed by atoms with Crippen LogP contribution in [0, 0.1) is 58.0 Å². The molecule has 1 aromatic heterocycles. The second kappa shape index (κ2) is 8.99. The summed E-state index contributed by atoms with van der Waals surface area (Å²) >= 11 is 0. The van der Waals surface area contributed by atoms with Gasteiger partial charge in [-0.2, -0.15) is 0 Å². The van der Waals surface area contributed by atoms with Gasteiger partial charge in [0.1, 0.15) is 5.82 Å². The summed E-state index contributed by atoms with van der Waals surface area (Å²) in [5, 5.41) is 10.9. The summed E-state index contributed by atoms with van der Waals surface area (Å²) in [6, 6.07) is 2.36. The van der Waals surface area contributed by atoms with E-state index in [-0.39, 0.29) is 6.10 Å². The molecule has 4 aliphatic carbocycles. The zero-order valence-corrected chi connectivity index (χ0v) is 22.1. The molecule has 6 rings (SSSR count). The summed E-state index contributed by atoms with van der Waals surface area (Å²) in [4.78, 5) is 9.01. The first-order chi connectivity index (χ1) is 17.2. The van der Waals surface area contributed by atoms with Crippen molar-refractivity contribution in [1.82, 2.24) is 9.97 Å². The molecule has 0 bridgehead atoms. The van der Waals surface area contributed by atoms with Crippen LogP contribution in [-0.4, -0.2) is 21.2 Å². The van der Waals surface area contributed by atoms with Gasteiger partial charge in [0, 0.05) is 24.1 Å². The number of nitrogens with zero attached hydrogens (tertiary/aromatic N) is 2. The van der Waals surface area contributed by atoms with Gasteiger partial charge in [-0.15, -0.1) is 0 Å². The molecule has 5 heteroatoms. The van der Waals surface area contributed by atoms with Crippen molar-refractivity contribution < 1.29 is 13.9 Å². The largest absolute Gasteiger partial charge is 0.393 e. The number of hydrogen-bond acceptors (Lipinski definition) is 3. The molecule has 0 aliphatic heterocycles. The molecule has 6 unspecified atom stereocenters. The summed E-state index contributed by atoms with van der Waals surface area (Å²) in [5.74, 6) is 3.60. The van der Waals surface area contributed by atoms with E-state index in [0.717, 1.165) is 61.1 Å². The molecule has 0 saturated heterocycles. The van der Waals surface area contributed by atoms with Gasteiger partial charge in [-0.25, -0.2) is 18.7 Å². The quantitative estimate of drug-likeness (QED) is 0.477. The van der Waals surface area contributed by atoms with Crippen molar-refractivity contribution >= 4 is 10.9 Å². The van der Waals surface area contributed by atoms with E-state index in [9.17, 15) is 13.9 Å². The number of hydrogen-bond donors (Lipinski definition) is 1. The minimum absolute atomic E-state index is 0.0723. The third kappa shape index (κ3) is 3.90. The highest BCUT2D eigenvalue weighted by Gasteiger charge is 2.60. The van der Waals surface area contributed by atoms with Crippen molar-refractivity contribution in [3.05, 3.63) is 35.8 Å². The topological polar surface area (TPSA) is 46.0 Å². The number of aryl methyl sites for hydroxylation is 1. The zero-order chi connectivity index (χ0) is 25.2. The van der Waals surface area contributed by atoms with E-state index in [1.807, 2.05) is 0 Å². The number of halogens is 2. The molecule has 0 radical (unpaired) electrons. The van der Waals surface area contributed by atoms with E-state index in [0.29, 0.717) is 27.7 Å². The molecule has 4 fully saturated rings. The standard InChI is InChI=1S/C31H42F2N2O/c1-18(4-9-29-34-17-19-14-26(32)27(33)16-28(19)35-29)23-7-8-24-22-6-5-20-15-21(36)10-12-30(20,2)25(22)11-13-31(23,24)3/h14,16-18,20-25,36H,4-13,15H2,1-3H3/t18-,20?,21-,22?,23-,24?,25?,30?,31?/m1/s1. The third-order valence-electron chi connectivity index (χ3n) is 11.9. The molecule has 4 saturated carbocycles. The maximum Gasteiger partial charge on any atom is 0.161 e. The van der Waals surface area contributed by atoms with E-state index in [1.54, 1.807) is 6.20 Å². The van der Waals surface area contributed by atoms with Gasteiger partial charge in [0.05, 0.1) is 11.6 Å². The van der Waals surface area contributed by atoms with Crippen LogP contribution in [0.1, 0.15) is 90.8 Å². The van der Waals surface area contributed by atoms with Crippen LogP contribution in [0.5, 0.6) is 0 Å². The van der Waals surface area contributed by atoms with Gasteiger partial charge in [0.25, 0.3) is 0 Å². The normalized spacial score (nSPS) is 40.9. The Bertz CT molecular complexity index is 1140. The van der Waals surface area contributed by atoms with Crippen molar-refractivity contribution in [2.45, 2.75) is 97.5 Å². The lowest BCUT2D eigenvalue weighted by molar-refractivity contribution is -0.129. The molecule has 1 aromatic carbocycles. The lowest BCUT2D eigenvalue weighted by atomic mass is 9.44. The molecule has 2 aromatic rings. The van der Waals surface area contributed by atoms with E-state index in [2.05, 4.69) is 30.7 Å². The predicted octanol–water partition coefficient (Wildman–Crippen LogP) is 7.50. The summed E-state index contributed by atoms with van der Waals surface area (Å²) in [7, 11) is 0. The molecule has 0 amide bonds. The van der Waals surface area contributed by atoms with Crippen molar-refractivity contribution in [3.8, 4) is 0 Å². The Morgan fingerprint density at radius 3 is 2.56 bits per heavy atom. The van der Waals surface area contributed by atoms with Crippen LogP contribution in [0.3, 0.4) is 0 Å². The highest BCUT2D eigenvalue weighted by atomic mass is 19.2. The average Bonchev–Trinajstić information content (AvgIpc) is 3.21. The van der Waals surface area contributed by atoms with Crippen LogP contribution >= 0.6 is 0 Å². The fraction of sp³-hybridized carbons (Fsp3) is 0.742. The number of aliphatic hydroxyl groups excluding tert-OH is 1. The maximum absolute atomic E-state index is 13.7. The lowest BCUT2D eigenvalue weighted by Gasteiger charge is -2.61. The fourth-order valence-electron chi connectivity index (χ4n) is 9.95. The van der Waals surface area contributed by atoms with E-state index < -0.39 is 11.6 Å². The second-order valence-electron chi connectivity index (χ2n) is 13.4. The average molecular weight is 497 g/mol. The van der Waals surface area contributed by atoms with E-state index >= 15 is 0 Å². The number of aromatic nitrogens is 2. The van der Waals surface area contributed by atoms with Crippen LogP contribution in [0.2, 0.25) is 0 Å². The van der Waals surface area contributed by atoms with Gasteiger partial charge in [-0.05, 0) is 117 Å². The van der Waals surface area contributed by atoms with Crippen molar-refractivity contribution in [3.63, 3.8) is 0 Å². The number of benzene rings is 1. The minimum atomic E-state index is -0.853. The summed E-state index contributed by atoms with van der Waals surface area (Å²) in [6.07, 6.45) is 14.7. The van der Waals surface area contributed by atoms with Gasteiger partial charge in [-0.3, -0.25) is 0 Å². The molecule has 196 valence electrons. The Labute approximate surface area is 214 Å². The van der Waals surface area contributed by atoms with Gasteiger partial charge < -0.3 is 5.11 Å². The third-order valence-corrected chi connectivity index (χ3v) is 11.9. The first-order valence-corrected chi connectivity index (χ1v) is 14.5. The van der Waals surface area contributed by atoms with Gasteiger partial charge in [0.15, 0.2) is 11.6 Å². The molecule has 4 aliphatic rings. The Morgan fingerprint density at radius 2 is 1.72 bits per heavy atom. The van der Waals surface area contributed by atoms with E-state index in [1.165, 1.54) is 57.1 Å². The Hall–Kier alpha value is -1.62. The lowest BCUT2D eigenvalue weighted by Crippen LogP contribution is -2.54. The van der Waals surface area contributed by atoms with Crippen LogP contribution in [0.4, 0.5) is 8.78 Å². The predicted molar refractivity (Wildman–Crippen MR) is 138 cm³/mol. The van der Waals surface area contributed by atoms with Gasteiger partial charge in [-0.1, -0.05) is 20.8 Å². The molecule has 3 nitrogen and oxygen atoms in total. The number of rotatable bonds is 4. The molecule has 36 heavy (non-hydrogen) atoms. The van der Waals surface area contributed by atoms with Crippen LogP contribution < -0.4 is 0 Å². The molecule has 0 spiro atoms. The minimum Gasteiger partial charge on any atom is -0.393 e. The van der Waals surface area contributed by atoms with Crippen LogP contribution in [0.15, 0.2) is 18.3 Å². The number of aliphatic hydroxyl groups is 1. The van der Waals surface area contributed by atoms with Gasteiger partial charge in [0.2, 0.25) is 0 Å². The van der Waals surface area contributed by atoms with Crippen molar-refractivity contribution in [1.29, 1.82) is 0 Å². The molecular weight excluding hydrogens is 454 g/mol. The summed E-state index contributed by atoms with van der Waals surface area (Å²) in [6.45, 7) is 7.59. The van der Waals surface area contributed by atoms with Crippen LogP contribution in [-0.2, 0) is 6.42 Å². The van der Waals surface area contributed by atoms with Crippen molar-refractivity contribution in [2.75, 3.05) is 0 Å². The summed E-state index contributed by atoms with van der Waals surface area (Å²) in [5.41, 5.74) is 1.34. The first kappa shape index (κ1) is 24.7. The Morgan fingerprint density at radius 1 is 0.972 bits per heavy atom. The molecule has 1 N–H and O–H groups in total. The highest BCUT2D eigenvalue weighted by Crippen LogP contribution is 2.68.